The molecular formula is C9H18N2O2. The molecule has 0 radical (unpaired) electrons. The van der Waals surface area contributed by atoms with Gasteiger partial charge in [-0.2, -0.15) is 0 Å². The molecule has 0 aliphatic carbocycles. The lowest BCUT2D eigenvalue weighted by atomic mass is 9.91. The summed E-state index contributed by atoms with van der Waals surface area (Å²) < 4.78 is 4.96. The molecule has 0 unspecified atom stereocenters. The summed E-state index contributed by atoms with van der Waals surface area (Å²) in [5.41, 5.74) is 0. The lowest BCUT2D eigenvalue weighted by Gasteiger charge is -2.31. The van der Waals surface area contributed by atoms with Crippen molar-refractivity contribution >= 4 is 5.97 Å². The van der Waals surface area contributed by atoms with E-state index in [0.717, 1.165) is 13.0 Å². The lowest BCUT2D eigenvalue weighted by molar-refractivity contribution is -0.150. The normalized spacial score (nSPS) is 30.1. The number of hydrogen-bond acceptors (Lipinski definition) is 4. The van der Waals surface area contributed by atoms with Crippen molar-refractivity contribution in [2.24, 2.45) is 17.7 Å². The van der Waals surface area contributed by atoms with Gasteiger partial charge in [0, 0.05) is 13.1 Å². The third kappa shape index (κ3) is 2.97. The Morgan fingerprint density at radius 3 is 2.85 bits per heavy atom. The Kier molecular flexibility index (Phi) is 3.69. The number of hydrogen-bond donors (Lipinski definition) is 1. The maximum atomic E-state index is 11.4. The molecule has 4 heteroatoms. The van der Waals surface area contributed by atoms with E-state index in [2.05, 4.69) is 6.92 Å². The summed E-state index contributed by atoms with van der Waals surface area (Å²) in [5, 5.41) is 1.70. The average molecular weight is 186 g/mol. The number of nitrogens with zero attached hydrogens (tertiary/aromatic N) is 1. The van der Waals surface area contributed by atoms with Gasteiger partial charge in [-0.15, -0.1) is 0 Å². The van der Waals surface area contributed by atoms with Crippen molar-refractivity contribution in [2.45, 2.75) is 20.3 Å². The van der Waals surface area contributed by atoms with Crippen LogP contribution in [0, 0.1) is 11.8 Å². The highest BCUT2D eigenvalue weighted by atomic mass is 16.5. The van der Waals surface area contributed by atoms with Crippen LogP contribution in [0.3, 0.4) is 0 Å². The van der Waals surface area contributed by atoms with E-state index in [1.54, 1.807) is 5.01 Å². The lowest BCUT2D eigenvalue weighted by Crippen LogP contribution is -2.46. The van der Waals surface area contributed by atoms with E-state index in [1.165, 1.54) is 0 Å². The highest BCUT2D eigenvalue weighted by Crippen LogP contribution is 2.20. The van der Waals surface area contributed by atoms with E-state index in [0.29, 0.717) is 19.1 Å². The summed E-state index contributed by atoms with van der Waals surface area (Å²) in [7, 11) is 0. The molecule has 0 aromatic rings. The number of nitrogens with two attached hydrogens (primary N) is 1. The summed E-state index contributed by atoms with van der Waals surface area (Å²) in [6.45, 7) is 5.88. The van der Waals surface area contributed by atoms with Gasteiger partial charge in [0.2, 0.25) is 0 Å². The molecule has 1 aliphatic heterocycles. The van der Waals surface area contributed by atoms with Gasteiger partial charge in [0.1, 0.15) is 0 Å². The smallest absolute Gasteiger partial charge is 0.310 e. The molecule has 0 spiro atoms. The first-order chi connectivity index (χ1) is 6.13. The molecule has 0 bridgehead atoms. The minimum atomic E-state index is -0.107. The maximum absolute atomic E-state index is 11.4. The second kappa shape index (κ2) is 4.58. The van der Waals surface area contributed by atoms with Crippen molar-refractivity contribution in [3.05, 3.63) is 0 Å². The van der Waals surface area contributed by atoms with Crippen LogP contribution in [0.1, 0.15) is 20.3 Å². The molecule has 1 fully saturated rings. The molecule has 1 rings (SSSR count). The molecular weight excluding hydrogens is 168 g/mol. The highest BCUT2D eigenvalue weighted by molar-refractivity contribution is 5.72. The van der Waals surface area contributed by atoms with Gasteiger partial charge in [-0.05, 0) is 19.3 Å². The number of carbonyl (C=O) groups excluding carboxylic acids is 1. The van der Waals surface area contributed by atoms with Crippen LogP contribution < -0.4 is 5.84 Å². The first kappa shape index (κ1) is 10.5. The summed E-state index contributed by atoms with van der Waals surface area (Å²) in [4.78, 5) is 11.4. The van der Waals surface area contributed by atoms with Crippen LogP contribution in [-0.4, -0.2) is 30.7 Å². The highest BCUT2D eigenvalue weighted by Gasteiger charge is 2.29. The van der Waals surface area contributed by atoms with Crippen LogP contribution in [-0.2, 0) is 9.53 Å². The van der Waals surface area contributed by atoms with Gasteiger partial charge in [0.15, 0.2) is 0 Å². The zero-order valence-electron chi connectivity index (χ0n) is 8.32. The third-order valence-corrected chi connectivity index (χ3v) is 2.31. The van der Waals surface area contributed by atoms with Crippen LogP contribution in [0.15, 0.2) is 0 Å². The maximum Gasteiger partial charge on any atom is 0.310 e. The second-order valence-corrected chi connectivity index (χ2v) is 3.74. The van der Waals surface area contributed by atoms with Gasteiger partial charge in [-0.1, -0.05) is 6.92 Å². The van der Waals surface area contributed by atoms with Gasteiger partial charge < -0.3 is 4.74 Å². The number of piperidine rings is 1. The predicted molar refractivity (Wildman–Crippen MR) is 49.7 cm³/mol. The number of carbonyl (C=O) groups is 1. The Balaban J connectivity index is 2.45. The number of hydrazine groups is 1. The summed E-state index contributed by atoms with van der Waals surface area (Å²) in [6, 6.07) is 0. The molecule has 13 heavy (non-hydrogen) atoms. The fourth-order valence-corrected chi connectivity index (χ4v) is 1.82. The van der Waals surface area contributed by atoms with E-state index < -0.39 is 0 Å². The largest absolute Gasteiger partial charge is 0.466 e. The van der Waals surface area contributed by atoms with E-state index >= 15 is 0 Å². The van der Waals surface area contributed by atoms with E-state index in [9.17, 15) is 4.79 Å². The average Bonchev–Trinajstić information content (AvgIpc) is 2.03. The molecule has 2 atom stereocenters. The Morgan fingerprint density at radius 2 is 2.31 bits per heavy atom. The topological polar surface area (TPSA) is 55.6 Å². The summed E-state index contributed by atoms with van der Waals surface area (Å²) in [5.74, 6) is 6.01. The van der Waals surface area contributed by atoms with Crippen molar-refractivity contribution in [2.75, 3.05) is 19.7 Å². The predicted octanol–water partition coefficient (Wildman–Crippen LogP) is 0.381. The SMILES string of the molecule is CCOC(=O)[C@@H]1C[C@@H](C)CN(N)C1. The van der Waals surface area contributed by atoms with E-state index in [-0.39, 0.29) is 11.9 Å². The first-order valence-electron chi connectivity index (χ1n) is 4.79. The van der Waals surface area contributed by atoms with Gasteiger partial charge in [0.05, 0.1) is 12.5 Å². The van der Waals surface area contributed by atoms with Crippen molar-refractivity contribution < 1.29 is 9.53 Å². The Labute approximate surface area is 79.0 Å². The van der Waals surface area contributed by atoms with Crippen molar-refractivity contribution in [3.8, 4) is 0 Å². The molecule has 0 amide bonds. The van der Waals surface area contributed by atoms with Crippen LogP contribution in [0.5, 0.6) is 0 Å². The molecule has 0 aromatic heterocycles. The monoisotopic (exact) mass is 186 g/mol. The van der Waals surface area contributed by atoms with Crippen LogP contribution in [0.2, 0.25) is 0 Å². The fourth-order valence-electron chi connectivity index (χ4n) is 1.82. The molecule has 0 saturated carbocycles. The minimum absolute atomic E-state index is 0.0336. The fraction of sp³-hybridized carbons (Fsp3) is 0.889. The molecule has 1 heterocycles. The summed E-state index contributed by atoms with van der Waals surface area (Å²) in [6.07, 6.45) is 0.895. The van der Waals surface area contributed by atoms with Crippen molar-refractivity contribution in [1.82, 2.24) is 5.01 Å². The summed E-state index contributed by atoms with van der Waals surface area (Å²) >= 11 is 0. The standard InChI is InChI=1S/C9H18N2O2/c1-3-13-9(12)8-4-7(2)5-11(10)6-8/h7-8H,3-6,10H2,1-2H3/t7-,8-/m1/s1. The van der Waals surface area contributed by atoms with Gasteiger partial charge in [0.25, 0.3) is 0 Å². The Bertz CT molecular complexity index is 174. The van der Waals surface area contributed by atoms with Gasteiger partial charge in [-0.25, -0.2) is 5.01 Å². The van der Waals surface area contributed by atoms with E-state index in [1.807, 2.05) is 6.92 Å². The zero-order valence-corrected chi connectivity index (χ0v) is 8.32. The Morgan fingerprint density at radius 1 is 1.62 bits per heavy atom. The zero-order chi connectivity index (χ0) is 9.84. The molecule has 2 N–H and O–H groups in total. The van der Waals surface area contributed by atoms with Gasteiger partial charge in [-0.3, -0.25) is 10.6 Å². The Hall–Kier alpha value is -0.610. The quantitative estimate of drug-likeness (QED) is 0.500. The first-order valence-corrected chi connectivity index (χ1v) is 4.79. The number of rotatable bonds is 2. The second-order valence-electron chi connectivity index (χ2n) is 3.74. The molecule has 0 aromatic carbocycles. The van der Waals surface area contributed by atoms with Crippen molar-refractivity contribution in [3.63, 3.8) is 0 Å². The van der Waals surface area contributed by atoms with Crippen molar-refractivity contribution in [1.29, 1.82) is 0 Å². The number of esters is 1. The molecule has 4 nitrogen and oxygen atoms in total. The molecule has 76 valence electrons. The molecule has 1 aliphatic rings. The third-order valence-electron chi connectivity index (χ3n) is 2.31. The number of ether oxygens (including phenoxy) is 1. The van der Waals surface area contributed by atoms with Crippen LogP contribution in [0.4, 0.5) is 0 Å². The molecule has 1 saturated heterocycles. The van der Waals surface area contributed by atoms with Crippen LogP contribution >= 0.6 is 0 Å². The van der Waals surface area contributed by atoms with Gasteiger partial charge >= 0.3 is 5.97 Å². The minimum Gasteiger partial charge on any atom is -0.466 e. The van der Waals surface area contributed by atoms with Crippen LogP contribution in [0.25, 0.3) is 0 Å². The van der Waals surface area contributed by atoms with E-state index in [4.69, 9.17) is 10.6 Å².